The zero-order valence-electron chi connectivity index (χ0n) is 11.9. The fraction of sp³-hybridized carbons (Fsp3) is 0.231. The molecular weight excluding hydrogens is 341 g/mol. The molecule has 23 heavy (non-hydrogen) atoms. The summed E-state index contributed by atoms with van der Waals surface area (Å²) in [5.74, 6) is -2.59. The minimum absolute atomic E-state index is 0.0924. The summed E-state index contributed by atoms with van der Waals surface area (Å²) in [6.45, 7) is 0. The molecule has 1 aromatic carbocycles. The zero-order chi connectivity index (χ0) is 17.9. The van der Waals surface area contributed by atoms with Crippen LogP contribution in [0, 0.1) is 0 Å². The van der Waals surface area contributed by atoms with Crippen LogP contribution in [0.2, 0.25) is 5.02 Å². The molecule has 2 N–H and O–H groups in total. The van der Waals surface area contributed by atoms with Gasteiger partial charge in [-0.1, -0.05) is 11.6 Å². The lowest BCUT2D eigenvalue weighted by molar-refractivity contribution is -0.121. The molecule has 0 aliphatic rings. The number of benzene rings is 1. The number of phenols is 2. The zero-order valence-corrected chi connectivity index (χ0v) is 12.7. The quantitative estimate of drug-likeness (QED) is 0.493. The molecule has 0 aliphatic heterocycles. The monoisotopic (exact) mass is 352 g/mol. The molecule has 0 spiro atoms. The number of phenolic OH excluding ortho intramolecular Hbond substituents is 2. The lowest BCUT2D eigenvalue weighted by atomic mass is 10.2. The van der Waals surface area contributed by atoms with Gasteiger partial charge >= 0.3 is 6.18 Å². The second kappa shape index (κ2) is 6.78. The minimum Gasteiger partial charge on any atom is -0.506 e. The van der Waals surface area contributed by atoms with E-state index < -0.39 is 35.0 Å². The van der Waals surface area contributed by atoms with Gasteiger partial charge in [0.1, 0.15) is 17.2 Å². The summed E-state index contributed by atoms with van der Waals surface area (Å²) in [7, 11) is 2.15. The predicted molar refractivity (Wildman–Crippen MR) is 76.2 cm³/mol. The van der Waals surface area contributed by atoms with Crippen molar-refractivity contribution in [2.75, 3.05) is 19.0 Å². The molecule has 1 aromatic rings. The molecule has 0 aliphatic carbocycles. The number of alkyl halides is 3. The number of carbonyl (C=O) groups is 2. The van der Waals surface area contributed by atoms with Crippen LogP contribution in [-0.2, 0) is 9.59 Å². The van der Waals surface area contributed by atoms with Crippen LogP contribution in [-0.4, -0.2) is 47.7 Å². The van der Waals surface area contributed by atoms with Gasteiger partial charge in [-0.25, -0.2) is 4.90 Å². The first-order valence-corrected chi connectivity index (χ1v) is 6.33. The number of hydrogen-bond acceptors (Lipinski definition) is 5. The number of hydrogen-bond donors (Lipinski definition) is 2. The Hall–Kier alpha value is -2.42. The Morgan fingerprint density at radius 3 is 2.22 bits per heavy atom. The van der Waals surface area contributed by atoms with Gasteiger partial charge in [0.05, 0.1) is 10.7 Å². The molecule has 0 saturated heterocycles. The normalized spacial score (nSPS) is 12.0. The Bertz CT molecular complexity index is 659. The van der Waals surface area contributed by atoms with Crippen LogP contribution in [0.1, 0.15) is 0 Å². The van der Waals surface area contributed by atoms with Gasteiger partial charge in [-0.15, -0.1) is 0 Å². The summed E-state index contributed by atoms with van der Waals surface area (Å²) < 4.78 is 38.5. The van der Waals surface area contributed by atoms with E-state index in [0.29, 0.717) is 4.90 Å². The summed E-state index contributed by atoms with van der Waals surface area (Å²) in [5, 5.41) is 18.9. The van der Waals surface area contributed by atoms with Crippen molar-refractivity contribution in [3.63, 3.8) is 0 Å². The first-order valence-electron chi connectivity index (χ1n) is 5.95. The lowest BCUT2D eigenvalue weighted by Gasteiger charge is -2.21. The number of allylic oxidation sites excluding steroid dienone is 1. The number of amides is 2. The summed E-state index contributed by atoms with van der Waals surface area (Å²) in [6.07, 6.45) is -4.72. The molecule has 1 rings (SSSR count). The third-order valence-electron chi connectivity index (χ3n) is 2.68. The maximum absolute atomic E-state index is 12.8. The largest absolute Gasteiger partial charge is 0.506 e. The third kappa shape index (κ3) is 4.28. The SMILES string of the molecule is CN(C)/C(=C\C(=O)N(C=O)c1cc(O)c(Cl)cc1O)C(F)(F)F. The van der Waals surface area contributed by atoms with Crippen LogP contribution in [0.15, 0.2) is 23.9 Å². The topological polar surface area (TPSA) is 81.1 Å². The van der Waals surface area contributed by atoms with Crippen LogP contribution < -0.4 is 4.90 Å². The number of rotatable bonds is 4. The Kier molecular flexibility index (Phi) is 5.49. The minimum atomic E-state index is -4.82. The second-order valence-corrected chi connectivity index (χ2v) is 4.93. The standard InChI is InChI=1S/C13H12ClF3N2O4/c1-18(2)11(13(15,16)17)5-12(23)19(6-20)8-4-9(21)7(14)3-10(8)22/h3-6,21-22H,1-2H3/b11-5-. The van der Waals surface area contributed by atoms with E-state index in [1.807, 2.05) is 0 Å². The fourth-order valence-corrected chi connectivity index (χ4v) is 1.77. The van der Waals surface area contributed by atoms with E-state index in [0.717, 1.165) is 26.2 Å². The fourth-order valence-electron chi connectivity index (χ4n) is 1.61. The highest BCUT2D eigenvalue weighted by Gasteiger charge is 2.36. The van der Waals surface area contributed by atoms with Gasteiger partial charge in [-0.05, 0) is 0 Å². The van der Waals surface area contributed by atoms with Gasteiger partial charge in [0.2, 0.25) is 6.41 Å². The van der Waals surface area contributed by atoms with Crippen molar-refractivity contribution in [1.29, 1.82) is 0 Å². The summed E-state index contributed by atoms with van der Waals surface area (Å²) in [4.78, 5) is 23.9. The van der Waals surface area contributed by atoms with Gasteiger partial charge in [0.15, 0.2) is 0 Å². The molecule has 0 heterocycles. The van der Waals surface area contributed by atoms with Gasteiger partial charge in [-0.3, -0.25) is 9.59 Å². The van der Waals surface area contributed by atoms with Crippen LogP contribution >= 0.6 is 11.6 Å². The summed E-state index contributed by atoms with van der Waals surface area (Å²) in [6, 6.07) is 1.62. The number of anilines is 1. The van der Waals surface area contributed by atoms with Gasteiger partial charge in [-0.2, -0.15) is 13.2 Å². The van der Waals surface area contributed by atoms with Crippen molar-refractivity contribution < 1.29 is 33.0 Å². The van der Waals surface area contributed by atoms with E-state index in [1.165, 1.54) is 0 Å². The lowest BCUT2D eigenvalue weighted by Crippen LogP contribution is -2.32. The number of nitrogens with zero attached hydrogens (tertiary/aromatic N) is 2. The Morgan fingerprint density at radius 2 is 1.78 bits per heavy atom. The molecule has 0 atom stereocenters. The van der Waals surface area contributed by atoms with E-state index in [-0.39, 0.29) is 22.4 Å². The number of imide groups is 1. The maximum atomic E-state index is 12.8. The van der Waals surface area contributed by atoms with Crippen molar-refractivity contribution >= 4 is 29.6 Å². The first-order chi connectivity index (χ1) is 10.5. The molecule has 126 valence electrons. The molecule has 10 heteroatoms. The number of aromatic hydroxyl groups is 2. The Balaban J connectivity index is 3.33. The molecule has 0 unspecified atom stereocenters. The molecule has 6 nitrogen and oxygen atoms in total. The highest BCUT2D eigenvalue weighted by molar-refractivity contribution is 6.32. The number of carbonyl (C=O) groups excluding carboxylic acids is 2. The van der Waals surface area contributed by atoms with Crippen LogP contribution in [0.5, 0.6) is 11.5 Å². The molecule has 0 saturated carbocycles. The Morgan fingerprint density at radius 1 is 1.22 bits per heavy atom. The molecule has 0 bridgehead atoms. The third-order valence-corrected chi connectivity index (χ3v) is 2.98. The van der Waals surface area contributed by atoms with Crippen LogP contribution in [0.3, 0.4) is 0 Å². The highest BCUT2D eigenvalue weighted by Crippen LogP contribution is 2.36. The molecule has 0 aromatic heterocycles. The molecule has 0 radical (unpaired) electrons. The molecular formula is C13H12ClF3N2O4. The van der Waals surface area contributed by atoms with Crippen LogP contribution in [0.25, 0.3) is 0 Å². The van der Waals surface area contributed by atoms with Crippen molar-refractivity contribution in [2.24, 2.45) is 0 Å². The van der Waals surface area contributed by atoms with Gasteiger partial charge in [0.25, 0.3) is 5.91 Å². The maximum Gasteiger partial charge on any atom is 0.431 e. The van der Waals surface area contributed by atoms with Crippen LogP contribution in [0.4, 0.5) is 18.9 Å². The van der Waals surface area contributed by atoms with Crippen molar-refractivity contribution in [3.05, 3.63) is 28.9 Å². The average molecular weight is 353 g/mol. The summed E-state index contributed by atoms with van der Waals surface area (Å²) >= 11 is 5.53. The van der Waals surface area contributed by atoms with Crippen molar-refractivity contribution in [2.45, 2.75) is 6.18 Å². The average Bonchev–Trinajstić information content (AvgIpc) is 2.40. The molecule has 2 amide bonds. The van der Waals surface area contributed by atoms with E-state index in [2.05, 4.69) is 0 Å². The molecule has 0 fully saturated rings. The highest BCUT2D eigenvalue weighted by atomic mass is 35.5. The predicted octanol–water partition coefficient (Wildman–Crippen LogP) is 2.25. The van der Waals surface area contributed by atoms with Crippen molar-refractivity contribution in [3.8, 4) is 11.5 Å². The van der Waals surface area contributed by atoms with E-state index in [4.69, 9.17) is 11.6 Å². The first kappa shape index (κ1) is 18.6. The van der Waals surface area contributed by atoms with E-state index in [9.17, 15) is 33.0 Å². The van der Waals surface area contributed by atoms with E-state index in [1.54, 1.807) is 0 Å². The second-order valence-electron chi connectivity index (χ2n) is 4.53. The smallest absolute Gasteiger partial charge is 0.431 e. The van der Waals surface area contributed by atoms with Crippen molar-refractivity contribution in [1.82, 2.24) is 4.90 Å². The number of halogens is 4. The summed E-state index contributed by atoms with van der Waals surface area (Å²) in [5.41, 5.74) is -1.81. The Labute approximate surface area is 134 Å². The van der Waals surface area contributed by atoms with Gasteiger partial charge < -0.3 is 15.1 Å². The van der Waals surface area contributed by atoms with E-state index >= 15 is 0 Å². The van der Waals surface area contributed by atoms with Gasteiger partial charge in [0, 0.05) is 32.3 Å².